The molecule has 308 valence electrons. The van der Waals surface area contributed by atoms with E-state index in [9.17, 15) is 24.3 Å². The normalized spacial score (nSPS) is 18.0. The van der Waals surface area contributed by atoms with Crippen LogP contribution in [0.15, 0.2) is 65.1 Å². The summed E-state index contributed by atoms with van der Waals surface area (Å²) in [6.45, 7) is 13.2. The second-order valence-corrected chi connectivity index (χ2v) is 18.2. The van der Waals surface area contributed by atoms with Crippen LogP contribution in [0.2, 0.25) is 0 Å². The molecule has 0 unspecified atom stereocenters. The molecule has 2 aliphatic rings. The number of fused-ring (bicyclic) bond motifs is 3. The number of rotatable bonds is 11. The molecule has 0 aliphatic carbocycles. The van der Waals surface area contributed by atoms with Crippen molar-refractivity contribution >= 4 is 52.0 Å². The summed E-state index contributed by atoms with van der Waals surface area (Å²) in [4.78, 5) is 67.8. The van der Waals surface area contributed by atoms with E-state index in [1.807, 2.05) is 99.3 Å². The SMILES string of the molecule is Cc1ncsc1-c1ccc(CNC(=O)[C@@H]2C[C@@H](O)CN2C(=O)[C@@H](NC(=O)CNC(=O)C[C@@H]2N=C(c3ccccc3)c3c(sc(C)c3C)-n3c(C)nnc32)C(C)(C)C)cc1. The van der Waals surface area contributed by atoms with Gasteiger partial charge in [0.1, 0.15) is 29.0 Å². The highest BCUT2D eigenvalue weighted by Crippen LogP contribution is 2.39. The van der Waals surface area contributed by atoms with Gasteiger partial charge in [-0.1, -0.05) is 75.4 Å². The zero-order chi connectivity index (χ0) is 42.2. The van der Waals surface area contributed by atoms with Crippen LogP contribution in [0.4, 0.5) is 0 Å². The molecule has 0 radical (unpaired) electrons. The molecule has 59 heavy (non-hydrogen) atoms. The molecule has 1 saturated heterocycles. The van der Waals surface area contributed by atoms with Gasteiger partial charge >= 0.3 is 0 Å². The molecule has 0 bridgehead atoms. The number of aromatic nitrogens is 4. The molecule has 14 nitrogen and oxygen atoms in total. The summed E-state index contributed by atoms with van der Waals surface area (Å²) >= 11 is 3.19. The van der Waals surface area contributed by atoms with Gasteiger partial charge in [0.05, 0.1) is 40.9 Å². The van der Waals surface area contributed by atoms with Gasteiger partial charge in [-0.3, -0.25) is 28.7 Å². The van der Waals surface area contributed by atoms with Crippen LogP contribution in [0.1, 0.15) is 84.1 Å². The van der Waals surface area contributed by atoms with Gasteiger partial charge in [-0.25, -0.2) is 4.98 Å². The van der Waals surface area contributed by atoms with Gasteiger partial charge in [-0.2, -0.15) is 0 Å². The van der Waals surface area contributed by atoms with Crippen molar-refractivity contribution in [2.45, 2.75) is 92.1 Å². The Kier molecular flexibility index (Phi) is 11.9. The van der Waals surface area contributed by atoms with E-state index < -0.39 is 59.8 Å². The minimum absolute atomic E-state index is 0.0539. The van der Waals surface area contributed by atoms with Crippen LogP contribution in [-0.4, -0.2) is 90.4 Å². The number of aliphatic imine (C=N–C) groups is 1. The van der Waals surface area contributed by atoms with Crippen LogP contribution in [0, 0.1) is 33.1 Å². The summed E-state index contributed by atoms with van der Waals surface area (Å²) in [5.74, 6) is -0.699. The number of carbonyl (C=O) groups is 4. The fourth-order valence-corrected chi connectivity index (χ4v) is 9.57. The molecule has 7 rings (SSSR count). The number of thiazole rings is 1. The Labute approximate surface area is 351 Å². The summed E-state index contributed by atoms with van der Waals surface area (Å²) in [7, 11) is 0. The number of benzene rings is 2. The van der Waals surface area contributed by atoms with Crippen LogP contribution in [-0.2, 0) is 25.7 Å². The van der Waals surface area contributed by atoms with Gasteiger partial charge in [0, 0.05) is 35.5 Å². The largest absolute Gasteiger partial charge is 0.391 e. The standard InChI is InChI=1S/C43H49N9O5S2/c1-23-25(3)59-42-35(23)36(28-11-9-8-10-12-28)47-31(39-50-49-26(4)52(39)42)18-33(54)44-20-34(55)48-38(43(5,6)7)41(57)51-21-30(53)17-32(51)40(56)45-19-27-13-15-29(16-14-27)37-24(2)46-22-58-37/h8-16,22,30-32,38,53H,17-21H2,1-7H3,(H,44,54)(H,45,56)(H,48,55)/t30-,31+,32+,38-/m1/s1. The Morgan fingerprint density at radius 1 is 0.932 bits per heavy atom. The van der Waals surface area contributed by atoms with Crippen molar-refractivity contribution in [1.29, 1.82) is 0 Å². The molecule has 5 heterocycles. The fourth-order valence-electron chi connectivity index (χ4n) is 7.54. The smallest absolute Gasteiger partial charge is 0.246 e. The number of amides is 4. The lowest BCUT2D eigenvalue weighted by Gasteiger charge is -2.35. The quantitative estimate of drug-likeness (QED) is 0.145. The van der Waals surface area contributed by atoms with Gasteiger partial charge in [-0.05, 0) is 49.8 Å². The molecule has 4 N–H and O–H groups in total. The number of carbonyl (C=O) groups excluding carboxylic acids is 4. The van der Waals surface area contributed by atoms with Crippen LogP contribution in [0.3, 0.4) is 0 Å². The van der Waals surface area contributed by atoms with Gasteiger partial charge in [0.25, 0.3) is 0 Å². The number of nitrogens with one attached hydrogen (secondary N) is 3. The van der Waals surface area contributed by atoms with Gasteiger partial charge in [0.2, 0.25) is 23.6 Å². The number of aliphatic hydroxyl groups is 1. The molecule has 0 spiro atoms. The van der Waals surface area contributed by atoms with Gasteiger partial charge < -0.3 is 26.0 Å². The lowest BCUT2D eigenvalue weighted by molar-refractivity contribution is -0.144. The molecule has 16 heteroatoms. The van der Waals surface area contributed by atoms with Gasteiger partial charge in [-0.15, -0.1) is 32.9 Å². The fraction of sp³-hybridized carbons (Fsp3) is 0.395. The second kappa shape index (κ2) is 17.0. The van der Waals surface area contributed by atoms with Crippen molar-refractivity contribution in [2.75, 3.05) is 13.1 Å². The van der Waals surface area contributed by atoms with Crippen LogP contribution < -0.4 is 16.0 Å². The third kappa shape index (κ3) is 8.75. The number of nitrogens with zero attached hydrogens (tertiary/aromatic N) is 6. The second-order valence-electron chi connectivity index (χ2n) is 16.2. The van der Waals surface area contributed by atoms with Crippen molar-refractivity contribution in [3.05, 3.63) is 105 Å². The van der Waals surface area contributed by atoms with E-state index in [1.165, 1.54) is 4.90 Å². The Balaban J connectivity index is 1.00. The highest BCUT2D eigenvalue weighted by atomic mass is 32.1. The lowest BCUT2D eigenvalue weighted by atomic mass is 9.85. The first-order chi connectivity index (χ1) is 28.1. The maximum absolute atomic E-state index is 14.2. The summed E-state index contributed by atoms with van der Waals surface area (Å²) in [5, 5.41) is 28.8. The third-order valence-corrected chi connectivity index (χ3v) is 13.0. The molecule has 4 atom stereocenters. The van der Waals surface area contributed by atoms with E-state index in [-0.39, 0.29) is 25.9 Å². The average molecular weight is 836 g/mol. The summed E-state index contributed by atoms with van der Waals surface area (Å²) < 4.78 is 1.97. The van der Waals surface area contributed by atoms with E-state index in [4.69, 9.17) is 4.99 Å². The Morgan fingerprint density at radius 2 is 1.66 bits per heavy atom. The van der Waals surface area contributed by atoms with E-state index in [0.717, 1.165) is 54.0 Å². The number of aliphatic hydroxyl groups excluding tert-OH is 1. The Bertz CT molecular complexity index is 2410. The number of hydrogen-bond acceptors (Lipinski definition) is 11. The van der Waals surface area contributed by atoms with E-state index >= 15 is 0 Å². The number of hydrogen-bond donors (Lipinski definition) is 4. The molecule has 5 aromatic rings. The van der Waals surface area contributed by atoms with Gasteiger partial charge in [0.15, 0.2) is 5.82 Å². The highest BCUT2D eigenvalue weighted by Gasteiger charge is 2.44. The van der Waals surface area contributed by atoms with Crippen molar-refractivity contribution in [3.63, 3.8) is 0 Å². The van der Waals surface area contributed by atoms with Crippen LogP contribution >= 0.6 is 22.7 Å². The molecule has 0 saturated carbocycles. The monoisotopic (exact) mass is 835 g/mol. The first-order valence-corrected chi connectivity index (χ1v) is 21.3. The maximum atomic E-state index is 14.2. The number of thiophene rings is 1. The molecule has 3 aromatic heterocycles. The first kappa shape index (κ1) is 41.6. The minimum atomic E-state index is -1.05. The van der Waals surface area contributed by atoms with Crippen LogP contribution in [0.5, 0.6) is 0 Å². The number of β-amino-alcohol motifs (C(OH)–C–C–N with tert-alkyl or cyclic N) is 1. The van der Waals surface area contributed by atoms with Crippen molar-refractivity contribution in [2.24, 2.45) is 10.4 Å². The predicted molar refractivity (Wildman–Crippen MR) is 228 cm³/mol. The predicted octanol–water partition coefficient (Wildman–Crippen LogP) is 4.89. The molecule has 2 aromatic carbocycles. The molecule has 2 aliphatic heterocycles. The zero-order valence-corrected chi connectivity index (χ0v) is 35.8. The number of likely N-dealkylation sites (tertiary alicyclic amines) is 1. The maximum Gasteiger partial charge on any atom is 0.246 e. The van der Waals surface area contributed by atoms with Crippen molar-refractivity contribution < 1.29 is 24.3 Å². The van der Waals surface area contributed by atoms with E-state index in [2.05, 4.69) is 45.0 Å². The minimum Gasteiger partial charge on any atom is -0.391 e. The third-order valence-electron chi connectivity index (χ3n) is 10.8. The Hall–Kier alpha value is -5.58. The lowest BCUT2D eigenvalue weighted by Crippen LogP contribution is -2.58. The summed E-state index contributed by atoms with van der Waals surface area (Å²) in [5.41, 5.74) is 7.64. The van der Waals surface area contributed by atoms with E-state index in [0.29, 0.717) is 11.6 Å². The van der Waals surface area contributed by atoms with Crippen LogP contribution in [0.25, 0.3) is 15.4 Å². The van der Waals surface area contributed by atoms with E-state index in [1.54, 1.807) is 22.7 Å². The number of aryl methyl sites for hydroxylation is 3. The molecule has 1 fully saturated rings. The molecular formula is C43H49N9O5S2. The topological polar surface area (TPSA) is 184 Å². The molecule has 4 amide bonds. The van der Waals surface area contributed by atoms with Crippen molar-refractivity contribution in [1.82, 2.24) is 40.6 Å². The first-order valence-electron chi connectivity index (χ1n) is 19.6. The van der Waals surface area contributed by atoms with Crippen molar-refractivity contribution in [3.8, 4) is 15.4 Å². The summed E-state index contributed by atoms with van der Waals surface area (Å²) in [6, 6.07) is 15.0. The summed E-state index contributed by atoms with van der Waals surface area (Å²) in [6.07, 6.45) is -0.943. The highest BCUT2D eigenvalue weighted by molar-refractivity contribution is 7.15. The zero-order valence-electron chi connectivity index (χ0n) is 34.2. The Morgan fingerprint density at radius 3 is 2.34 bits per heavy atom. The molecular weight excluding hydrogens is 787 g/mol. The average Bonchev–Trinajstić information content (AvgIpc) is 3.97.